The Labute approximate surface area is 119 Å². The van der Waals surface area contributed by atoms with Crippen molar-refractivity contribution in [2.75, 3.05) is 6.61 Å². The normalized spacial score (nSPS) is 10.4. The third-order valence-corrected chi connectivity index (χ3v) is 2.98. The zero-order chi connectivity index (χ0) is 14.5. The standard InChI is InChI=1S/C16H20N2O2/c1-4-19-13-5-7-14(8-6-13)20-16-9-11(2)18-12(3)15(16)10-17/h5-9H,4,10,17H2,1-3H3. The van der Waals surface area contributed by atoms with Gasteiger partial charge in [-0.3, -0.25) is 4.98 Å². The van der Waals surface area contributed by atoms with Gasteiger partial charge in [-0.05, 0) is 45.0 Å². The van der Waals surface area contributed by atoms with Gasteiger partial charge in [0.25, 0.3) is 0 Å². The van der Waals surface area contributed by atoms with Crippen molar-refractivity contribution in [2.45, 2.75) is 27.3 Å². The number of ether oxygens (including phenoxy) is 2. The highest BCUT2D eigenvalue weighted by atomic mass is 16.5. The summed E-state index contributed by atoms with van der Waals surface area (Å²) in [5.41, 5.74) is 8.54. The summed E-state index contributed by atoms with van der Waals surface area (Å²) in [6.45, 7) is 6.91. The van der Waals surface area contributed by atoms with Gasteiger partial charge in [-0.2, -0.15) is 0 Å². The maximum atomic E-state index is 5.92. The molecular formula is C16H20N2O2. The van der Waals surface area contributed by atoms with Crippen molar-refractivity contribution < 1.29 is 9.47 Å². The zero-order valence-electron chi connectivity index (χ0n) is 12.1. The number of nitrogens with zero attached hydrogens (tertiary/aromatic N) is 1. The SMILES string of the molecule is CCOc1ccc(Oc2cc(C)nc(C)c2CN)cc1. The van der Waals surface area contributed by atoms with Crippen molar-refractivity contribution in [1.29, 1.82) is 0 Å². The fourth-order valence-electron chi connectivity index (χ4n) is 2.06. The highest BCUT2D eigenvalue weighted by molar-refractivity contribution is 5.42. The number of benzene rings is 1. The molecular weight excluding hydrogens is 252 g/mol. The fourth-order valence-corrected chi connectivity index (χ4v) is 2.06. The average molecular weight is 272 g/mol. The summed E-state index contributed by atoms with van der Waals surface area (Å²) in [7, 11) is 0. The number of nitrogens with two attached hydrogens (primary N) is 1. The summed E-state index contributed by atoms with van der Waals surface area (Å²) < 4.78 is 11.3. The van der Waals surface area contributed by atoms with Gasteiger partial charge in [-0.15, -0.1) is 0 Å². The van der Waals surface area contributed by atoms with Crippen LogP contribution in [0.2, 0.25) is 0 Å². The molecule has 0 amide bonds. The first kappa shape index (κ1) is 14.3. The molecule has 4 nitrogen and oxygen atoms in total. The van der Waals surface area contributed by atoms with E-state index in [4.69, 9.17) is 15.2 Å². The molecule has 1 heterocycles. The minimum atomic E-state index is 0.408. The van der Waals surface area contributed by atoms with E-state index >= 15 is 0 Å². The van der Waals surface area contributed by atoms with Gasteiger partial charge in [-0.1, -0.05) is 0 Å². The van der Waals surface area contributed by atoms with E-state index in [1.54, 1.807) is 0 Å². The molecule has 0 saturated carbocycles. The summed E-state index contributed by atoms with van der Waals surface area (Å²) in [4.78, 5) is 4.41. The number of aromatic nitrogens is 1. The van der Waals surface area contributed by atoms with Crippen LogP contribution in [0.1, 0.15) is 23.9 Å². The molecule has 0 saturated heterocycles. The Hall–Kier alpha value is -2.07. The van der Waals surface area contributed by atoms with Crippen molar-refractivity contribution in [3.8, 4) is 17.2 Å². The first-order valence-corrected chi connectivity index (χ1v) is 6.72. The average Bonchev–Trinajstić information content (AvgIpc) is 2.41. The largest absolute Gasteiger partial charge is 0.494 e. The lowest BCUT2D eigenvalue weighted by atomic mass is 10.1. The number of hydrogen-bond acceptors (Lipinski definition) is 4. The van der Waals surface area contributed by atoms with E-state index in [-0.39, 0.29) is 0 Å². The minimum Gasteiger partial charge on any atom is -0.494 e. The fraction of sp³-hybridized carbons (Fsp3) is 0.312. The first-order valence-electron chi connectivity index (χ1n) is 6.72. The molecule has 0 spiro atoms. The maximum absolute atomic E-state index is 5.92. The van der Waals surface area contributed by atoms with Crippen LogP contribution in [0.15, 0.2) is 30.3 Å². The van der Waals surface area contributed by atoms with E-state index in [0.717, 1.165) is 34.2 Å². The molecule has 2 aromatic rings. The Morgan fingerprint density at radius 1 is 1.10 bits per heavy atom. The molecule has 1 aromatic carbocycles. The van der Waals surface area contributed by atoms with Crippen LogP contribution in [0.25, 0.3) is 0 Å². The van der Waals surface area contributed by atoms with Crippen LogP contribution >= 0.6 is 0 Å². The molecule has 20 heavy (non-hydrogen) atoms. The molecule has 0 aliphatic rings. The van der Waals surface area contributed by atoms with Crippen LogP contribution in [-0.4, -0.2) is 11.6 Å². The van der Waals surface area contributed by atoms with E-state index in [1.807, 2.05) is 51.1 Å². The monoisotopic (exact) mass is 272 g/mol. The van der Waals surface area contributed by atoms with Crippen molar-refractivity contribution in [1.82, 2.24) is 4.98 Å². The van der Waals surface area contributed by atoms with Gasteiger partial charge in [0.05, 0.1) is 6.61 Å². The van der Waals surface area contributed by atoms with E-state index in [2.05, 4.69) is 4.98 Å². The van der Waals surface area contributed by atoms with E-state index in [1.165, 1.54) is 0 Å². The summed E-state index contributed by atoms with van der Waals surface area (Å²) in [5, 5.41) is 0. The van der Waals surface area contributed by atoms with Gasteiger partial charge in [0, 0.05) is 29.6 Å². The lowest BCUT2D eigenvalue weighted by Crippen LogP contribution is -2.05. The number of hydrogen-bond donors (Lipinski definition) is 1. The van der Waals surface area contributed by atoms with Gasteiger partial charge in [-0.25, -0.2) is 0 Å². The third-order valence-electron chi connectivity index (χ3n) is 2.98. The second-order valence-corrected chi connectivity index (χ2v) is 4.54. The van der Waals surface area contributed by atoms with Gasteiger partial charge in [0.1, 0.15) is 17.2 Å². The Bertz CT molecular complexity index is 580. The molecule has 0 aliphatic carbocycles. The van der Waals surface area contributed by atoms with Crippen molar-refractivity contribution in [3.05, 3.63) is 47.3 Å². The maximum Gasteiger partial charge on any atom is 0.135 e. The second-order valence-electron chi connectivity index (χ2n) is 4.54. The quantitative estimate of drug-likeness (QED) is 0.906. The van der Waals surface area contributed by atoms with Crippen LogP contribution in [0.3, 0.4) is 0 Å². The van der Waals surface area contributed by atoms with Crippen molar-refractivity contribution in [3.63, 3.8) is 0 Å². The Morgan fingerprint density at radius 3 is 2.35 bits per heavy atom. The van der Waals surface area contributed by atoms with Crippen molar-refractivity contribution >= 4 is 0 Å². The third kappa shape index (κ3) is 3.27. The summed E-state index contributed by atoms with van der Waals surface area (Å²) in [6.07, 6.45) is 0. The summed E-state index contributed by atoms with van der Waals surface area (Å²) in [5.74, 6) is 2.36. The lowest BCUT2D eigenvalue weighted by molar-refractivity contribution is 0.339. The number of rotatable bonds is 5. The number of pyridine rings is 1. The highest BCUT2D eigenvalue weighted by Crippen LogP contribution is 2.28. The molecule has 106 valence electrons. The number of aryl methyl sites for hydroxylation is 2. The van der Waals surface area contributed by atoms with Crippen LogP contribution in [-0.2, 0) is 6.54 Å². The van der Waals surface area contributed by atoms with Gasteiger partial charge >= 0.3 is 0 Å². The van der Waals surface area contributed by atoms with Crippen LogP contribution in [0.5, 0.6) is 17.2 Å². The molecule has 0 unspecified atom stereocenters. The van der Waals surface area contributed by atoms with Gasteiger partial charge < -0.3 is 15.2 Å². The minimum absolute atomic E-state index is 0.408. The summed E-state index contributed by atoms with van der Waals surface area (Å²) >= 11 is 0. The lowest BCUT2D eigenvalue weighted by Gasteiger charge is -2.13. The molecule has 2 N–H and O–H groups in total. The molecule has 2 rings (SSSR count). The Balaban J connectivity index is 2.25. The molecule has 4 heteroatoms. The molecule has 0 bridgehead atoms. The predicted octanol–water partition coefficient (Wildman–Crippen LogP) is 3.35. The topological polar surface area (TPSA) is 57.4 Å². The van der Waals surface area contributed by atoms with E-state index < -0.39 is 0 Å². The van der Waals surface area contributed by atoms with Crippen LogP contribution < -0.4 is 15.2 Å². The highest BCUT2D eigenvalue weighted by Gasteiger charge is 2.09. The molecule has 0 aliphatic heterocycles. The van der Waals surface area contributed by atoms with E-state index in [9.17, 15) is 0 Å². The van der Waals surface area contributed by atoms with Crippen LogP contribution in [0, 0.1) is 13.8 Å². The van der Waals surface area contributed by atoms with Gasteiger partial charge in [0.2, 0.25) is 0 Å². The Morgan fingerprint density at radius 2 is 1.75 bits per heavy atom. The van der Waals surface area contributed by atoms with Crippen molar-refractivity contribution in [2.24, 2.45) is 5.73 Å². The second kappa shape index (κ2) is 6.39. The van der Waals surface area contributed by atoms with E-state index in [0.29, 0.717) is 13.2 Å². The first-order chi connectivity index (χ1) is 9.63. The molecule has 0 fully saturated rings. The smallest absolute Gasteiger partial charge is 0.135 e. The van der Waals surface area contributed by atoms with Crippen LogP contribution in [0.4, 0.5) is 0 Å². The summed E-state index contributed by atoms with van der Waals surface area (Å²) in [6, 6.07) is 9.46. The van der Waals surface area contributed by atoms with Gasteiger partial charge in [0.15, 0.2) is 0 Å². The Kier molecular flexibility index (Phi) is 4.58. The molecule has 0 atom stereocenters. The molecule has 1 aromatic heterocycles. The predicted molar refractivity (Wildman–Crippen MR) is 79.3 cm³/mol. The zero-order valence-corrected chi connectivity index (χ0v) is 12.1. The molecule has 0 radical (unpaired) electrons.